The van der Waals surface area contributed by atoms with E-state index >= 15 is 0 Å². The minimum absolute atomic E-state index is 0.193. The Balaban J connectivity index is 1.67. The van der Waals surface area contributed by atoms with Crippen molar-refractivity contribution >= 4 is 39.9 Å². The fraction of sp³-hybridized carbons (Fsp3) is 0.278. The summed E-state index contributed by atoms with van der Waals surface area (Å²) in [5.74, 6) is 0.302. The smallest absolute Gasteiger partial charge is 0.261 e. The average molecular weight is 357 g/mol. The van der Waals surface area contributed by atoms with Crippen molar-refractivity contribution in [1.82, 2.24) is 10.3 Å². The summed E-state index contributed by atoms with van der Waals surface area (Å²) in [7, 11) is 0. The number of nitrogens with zero attached hydrogens (tertiary/aromatic N) is 1. The number of oxazole rings is 1. The van der Waals surface area contributed by atoms with E-state index in [1.165, 1.54) is 11.3 Å². The van der Waals surface area contributed by atoms with Crippen molar-refractivity contribution in [3.8, 4) is 0 Å². The van der Waals surface area contributed by atoms with Crippen LogP contribution in [0.5, 0.6) is 0 Å². The van der Waals surface area contributed by atoms with Gasteiger partial charge in [-0.3, -0.25) is 9.59 Å². The second-order valence-electron chi connectivity index (χ2n) is 6.05. The largest absolute Gasteiger partial charge is 0.440 e. The van der Waals surface area contributed by atoms with Crippen molar-refractivity contribution in [2.24, 2.45) is 0 Å². The molecule has 0 aliphatic carbocycles. The Kier molecular flexibility index (Phi) is 4.85. The zero-order valence-electron chi connectivity index (χ0n) is 14.2. The molecule has 2 aromatic heterocycles. The Bertz CT molecular complexity index is 900. The van der Waals surface area contributed by atoms with Gasteiger partial charge in [-0.25, -0.2) is 4.98 Å². The van der Waals surface area contributed by atoms with Gasteiger partial charge in [-0.15, -0.1) is 11.3 Å². The van der Waals surface area contributed by atoms with E-state index in [9.17, 15) is 9.59 Å². The van der Waals surface area contributed by atoms with E-state index in [0.717, 1.165) is 0 Å². The van der Waals surface area contributed by atoms with Crippen molar-refractivity contribution in [3.05, 3.63) is 46.5 Å². The number of hydrogen-bond donors (Lipinski definition) is 2. The lowest BCUT2D eigenvalue weighted by Crippen LogP contribution is -2.41. The van der Waals surface area contributed by atoms with Crippen LogP contribution in [0.3, 0.4) is 0 Å². The highest BCUT2D eigenvalue weighted by Crippen LogP contribution is 2.23. The van der Waals surface area contributed by atoms with Crippen molar-refractivity contribution in [2.45, 2.75) is 32.7 Å². The van der Waals surface area contributed by atoms with Gasteiger partial charge in [-0.05, 0) is 36.6 Å². The highest BCUT2D eigenvalue weighted by Gasteiger charge is 2.18. The number of hydrogen-bond acceptors (Lipinski definition) is 5. The molecule has 25 heavy (non-hydrogen) atoms. The molecule has 0 radical (unpaired) electrons. The first-order valence-electron chi connectivity index (χ1n) is 7.99. The van der Waals surface area contributed by atoms with Gasteiger partial charge in [0.1, 0.15) is 11.6 Å². The molecule has 0 bridgehead atoms. The lowest BCUT2D eigenvalue weighted by atomic mass is 10.2. The number of anilines is 1. The van der Waals surface area contributed by atoms with E-state index in [4.69, 9.17) is 4.42 Å². The molecule has 0 fully saturated rings. The molecular weight excluding hydrogens is 338 g/mol. The molecule has 0 aliphatic rings. The predicted molar refractivity (Wildman–Crippen MR) is 98.0 cm³/mol. The molecule has 1 unspecified atom stereocenters. The third-order valence-corrected chi connectivity index (χ3v) is 4.52. The van der Waals surface area contributed by atoms with Gasteiger partial charge in [0, 0.05) is 11.6 Å². The zero-order chi connectivity index (χ0) is 18.0. The normalized spacial score (nSPS) is 12.3. The predicted octanol–water partition coefficient (Wildman–Crippen LogP) is 3.77. The number of nitrogens with one attached hydrogen (secondary N) is 2. The molecule has 2 amide bonds. The average Bonchev–Trinajstić information content (AvgIpc) is 3.23. The Hall–Kier alpha value is -2.67. The Morgan fingerprint density at radius 2 is 2.00 bits per heavy atom. The van der Waals surface area contributed by atoms with E-state index in [-0.39, 0.29) is 17.7 Å². The van der Waals surface area contributed by atoms with Crippen LogP contribution in [-0.4, -0.2) is 22.8 Å². The van der Waals surface area contributed by atoms with Crippen LogP contribution >= 0.6 is 11.3 Å². The Morgan fingerprint density at radius 3 is 2.68 bits per heavy atom. The molecule has 0 aliphatic heterocycles. The number of benzene rings is 1. The van der Waals surface area contributed by atoms with Crippen molar-refractivity contribution in [1.29, 1.82) is 0 Å². The van der Waals surface area contributed by atoms with Crippen molar-refractivity contribution in [3.63, 3.8) is 0 Å². The maximum atomic E-state index is 12.3. The zero-order valence-corrected chi connectivity index (χ0v) is 15.0. The van der Waals surface area contributed by atoms with Crippen molar-refractivity contribution < 1.29 is 14.0 Å². The van der Waals surface area contributed by atoms with Crippen LogP contribution in [0, 0.1) is 0 Å². The summed E-state index contributed by atoms with van der Waals surface area (Å²) < 4.78 is 5.65. The number of aromatic nitrogens is 1. The first kappa shape index (κ1) is 17.2. The van der Waals surface area contributed by atoms with Gasteiger partial charge in [0.25, 0.3) is 5.91 Å². The molecule has 0 saturated heterocycles. The second kappa shape index (κ2) is 7.06. The van der Waals surface area contributed by atoms with Crippen LogP contribution in [0.15, 0.2) is 40.1 Å². The summed E-state index contributed by atoms with van der Waals surface area (Å²) in [4.78, 5) is 29.3. The Labute approximate surface area is 149 Å². The summed E-state index contributed by atoms with van der Waals surface area (Å²) >= 11 is 1.33. The topological polar surface area (TPSA) is 84.2 Å². The number of thiophene rings is 1. The molecule has 1 atom stereocenters. The number of fused-ring (bicyclic) bond motifs is 1. The van der Waals surface area contributed by atoms with E-state index < -0.39 is 6.04 Å². The molecule has 2 heterocycles. The lowest BCUT2D eigenvalue weighted by molar-refractivity contribution is -0.117. The third-order valence-electron chi connectivity index (χ3n) is 3.65. The maximum absolute atomic E-state index is 12.3. The number of amides is 2. The third kappa shape index (κ3) is 3.88. The van der Waals surface area contributed by atoms with Gasteiger partial charge in [0.2, 0.25) is 5.91 Å². The lowest BCUT2D eigenvalue weighted by Gasteiger charge is -2.13. The summed E-state index contributed by atoms with van der Waals surface area (Å²) in [6.45, 7) is 5.66. The fourth-order valence-corrected chi connectivity index (χ4v) is 2.89. The Morgan fingerprint density at radius 1 is 1.20 bits per heavy atom. The first-order chi connectivity index (χ1) is 11.9. The molecule has 7 heteroatoms. The second-order valence-corrected chi connectivity index (χ2v) is 7.00. The molecule has 130 valence electrons. The van der Waals surface area contributed by atoms with Gasteiger partial charge in [-0.2, -0.15) is 0 Å². The summed E-state index contributed by atoms with van der Waals surface area (Å²) in [5.41, 5.74) is 1.98. The fourth-order valence-electron chi connectivity index (χ4n) is 2.26. The molecule has 6 nitrogen and oxygen atoms in total. The van der Waals surface area contributed by atoms with Crippen LogP contribution in [0.25, 0.3) is 11.1 Å². The van der Waals surface area contributed by atoms with Gasteiger partial charge >= 0.3 is 0 Å². The molecule has 2 N–H and O–H groups in total. The number of carbonyl (C=O) groups excluding carboxylic acids is 2. The van der Waals surface area contributed by atoms with Crippen LogP contribution in [0.4, 0.5) is 5.69 Å². The quantitative estimate of drug-likeness (QED) is 0.728. The highest BCUT2D eigenvalue weighted by molar-refractivity contribution is 7.12. The van der Waals surface area contributed by atoms with E-state index in [0.29, 0.717) is 27.6 Å². The minimum Gasteiger partial charge on any atom is -0.440 e. The SMILES string of the molecule is CC(NC(=O)c1cccs1)C(=O)Nc1ccc2oc(C(C)C)nc2c1. The van der Waals surface area contributed by atoms with Crippen LogP contribution in [0.1, 0.15) is 42.3 Å². The summed E-state index contributed by atoms with van der Waals surface area (Å²) in [6.07, 6.45) is 0. The summed E-state index contributed by atoms with van der Waals surface area (Å²) in [6, 6.07) is 8.14. The summed E-state index contributed by atoms with van der Waals surface area (Å²) in [5, 5.41) is 7.29. The first-order valence-corrected chi connectivity index (χ1v) is 8.87. The standard InChI is InChI=1S/C18H19N3O3S/c1-10(2)18-21-13-9-12(6-7-14(13)24-18)20-16(22)11(3)19-17(23)15-5-4-8-25-15/h4-11H,1-3H3,(H,19,23)(H,20,22). The molecule has 0 saturated carbocycles. The van der Waals surface area contributed by atoms with Crippen LogP contribution in [-0.2, 0) is 4.79 Å². The number of carbonyl (C=O) groups is 2. The van der Waals surface area contributed by atoms with Gasteiger partial charge in [-0.1, -0.05) is 19.9 Å². The maximum Gasteiger partial charge on any atom is 0.261 e. The molecule has 1 aromatic carbocycles. The number of rotatable bonds is 5. The van der Waals surface area contributed by atoms with E-state index in [1.807, 2.05) is 19.2 Å². The van der Waals surface area contributed by atoms with E-state index in [2.05, 4.69) is 15.6 Å². The highest BCUT2D eigenvalue weighted by atomic mass is 32.1. The minimum atomic E-state index is -0.658. The van der Waals surface area contributed by atoms with Crippen LogP contribution < -0.4 is 10.6 Å². The van der Waals surface area contributed by atoms with E-state index in [1.54, 1.807) is 37.3 Å². The van der Waals surface area contributed by atoms with Gasteiger partial charge in [0.15, 0.2) is 11.5 Å². The van der Waals surface area contributed by atoms with Gasteiger partial charge < -0.3 is 15.1 Å². The monoisotopic (exact) mass is 357 g/mol. The molecular formula is C18H19N3O3S. The molecule has 3 aromatic rings. The van der Waals surface area contributed by atoms with Crippen molar-refractivity contribution in [2.75, 3.05) is 5.32 Å². The van der Waals surface area contributed by atoms with Gasteiger partial charge in [0.05, 0.1) is 4.88 Å². The molecule has 0 spiro atoms. The van der Waals surface area contributed by atoms with Crippen LogP contribution in [0.2, 0.25) is 0 Å². The molecule has 3 rings (SSSR count).